The Morgan fingerprint density at radius 2 is 1.71 bits per heavy atom. The van der Waals surface area contributed by atoms with Crippen LogP contribution in [-0.2, 0) is 4.79 Å². The first-order valence-corrected chi connectivity index (χ1v) is 5.35. The minimum Gasteiger partial charge on any atom is -0.299 e. The highest BCUT2D eigenvalue weighted by Crippen LogP contribution is 2.31. The number of Topliss-reactive ketones (excluding diaryl/α,β-unsaturated/α-hetero) is 1. The lowest BCUT2D eigenvalue weighted by Crippen LogP contribution is -2.20. The second-order valence-electron chi connectivity index (χ2n) is 4.07. The van der Waals surface area contributed by atoms with Gasteiger partial charge in [0.25, 0.3) is 0 Å². The van der Waals surface area contributed by atoms with Crippen molar-refractivity contribution in [3.8, 4) is 0 Å². The summed E-state index contributed by atoms with van der Waals surface area (Å²) < 4.78 is 35.1. The van der Waals surface area contributed by atoms with Gasteiger partial charge < -0.3 is 0 Å². The Kier molecular flexibility index (Phi) is 4.98. The Balaban J connectivity index is 3.62. The van der Waals surface area contributed by atoms with Gasteiger partial charge in [0.2, 0.25) is 0 Å². The second kappa shape index (κ2) is 5.05. The standard InChI is InChI=1S/C9H15F3OS/c1-8(2,3)7(13)5-4-6-14-9(10,11)12/h4-6H2,1-3H3. The first kappa shape index (κ1) is 13.8. The maximum Gasteiger partial charge on any atom is 0.441 e. The quantitative estimate of drug-likeness (QED) is 0.683. The Labute approximate surface area is 86.4 Å². The molecule has 0 rings (SSSR count). The van der Waals surface area contributed by atoms with Crippen molar-refractivity contribution in [1.82, 2.24) is 0 Å². The molecule has 0 aromatic carbocycles. The molecule has 0 N–H and O–H groups in total. The van der Waals surface area contributed by atoms with Crippen LogP contribution in [0.5, 0.6) is 0 Å². The van der Waals surface area contributed by atoms with Gasteiger partial charge in [0.1, 0.15) is 5.78 Å². The number of ketones is 1. The maximum atomic E-state index is 11.7. The summed E-state index contributed by atoms with van der Waals surface area (Å²) in [6, 6.07) is 0. The van der Waals surface area contributed by atoms with Crippen molar-refractivity contribution >= 4 is 17.5 Å². The first-order chi connectivity index (χ1) is 6.13. The molecule has 0 heterocycles. The summed E-state index contributed by atoms with van der Waals surface area (Å²) in [5.41, 5.74) is -4.62. The topological polar surface area (TPSA) is 17.1 Å². The van der Waals surface area contributed by atoms with Crippen LogP contribution in [0.25, 0.3) is 0 Å². The minimum absolute atomic E-state index is 0.0141. The molecule has 1 nitrogen and oxygen atoms in total. The van der Waals surface area contributed by atoms with E-state index < -0.39 is 10.9 Å². The summed E-state index contributed by atoms with van der Waals surface area (Å²) >= 11 is -0.0660. The Morgan fingerprint density at radius 1 is 1.21 bits per heavy atom. The lowest BCUT2D eigenvalue weighted by Gasteiger charge is -2.16. The van der Waals surface area contributed by atoms with E-state index in [2.05, 4.69) is 0 Å². The normalized spacial score (nSPS) is 13.0. The number of carbonyl (C=O) groups excluding carboxylic acids is 1. The van der Waals surface area contributed by atoms with Crippen LogP contribution in [0.2, 0.25) is 0 Å². The van der Waals surface area contributed by atoms with E-state index >= 15 is 0 Å². The molecule has 0 amide bonds. The Bertz CT molecular complexity index is 193. The van der Waals surface area contributed by atoms with E-state index in [1.165, 1.54) is 0 Å². The molecule has 0 saturated carbocycles. The molecule has 0 aromatic heterocycles. The molecule has 5 heteroatoms. The van der Waals surface area contributed by atoms with Gasteiger partial charge >= 0.3 is 5.51 Å². The minimum atomic E-state index is -4.18. The van der Waals surface area contributed by atoms with Gasteiger partial charge in [-0.25, -0.2) is 0 Å². The number of thioether (sulfide) groups is 1. The molecule has 0 unspecified atom stereocenters. The third-order valence-electron chi connectivity index (χ3n) is 1.65. The largest absolute Gasteiger partial charge is 0.441 e. The van der Waals surface area contributed by atoms with Gasteiger partial charge in [-0.1, -0.05) is 32.5 Å². The highest BCUT2D eigenvalue weighted by atomic mass is 32.2. The average Bonchev–Trinajstić information content (AvgIpc) is 1.93. The van der Waals surface area contributed by atoms with Crippen molar-refractivity contribution in [2.24, 2.45) is 5.41 Å². The Hall–Kier alpha value is -0.190. The van der Waals surface area contributed by atoms with E-state index in [1.54, 1.807) is 20.8 Å². The second-order valence-corrected chi connectivity index (χ2v) is 5.23. The molecule has 0 spiro atoms. The third-order valence-corrected chi connectivity index (χ3v) is 2.47. The fourth-order valence-corrected chi connectivity index (χ4v) is 1.32. The number of hydrogen-bond donors (Lipinski definition) is 0. The maximum absolute atomic E-state index is 11.7. The lowest BCUT2D eigenvalue weighted by atomic mass is 9.88. The van der Waals surface area contributed by atoms with Gasteiger partial charge in [-0.3, -0.25) is 4.79 Å². The van der Waals surface area contributed by atoms with E-state index in [-0.39, 0.29) is 29.7 Å². The van der Waals surface area contributed by atoms with Gasteiger partial charge in [0, 0.05) is 17.6 Å². The smallest absolute Gasteiger partial charge is 0.299 e. The van der Waals surface area contributed by atoms with Crippen molar-refractivity contribution in [3.05, 3.63) is 0 Å². The van der Waals surface area contributed by atoms with E-state index in [9.17, 15) is 18.0 Å². The predicted octanol–water partition coefficient (Wildman–Crippen LogP) is 3.63. The number of halogens is 3. The van der Waals surface area contributed by atoms with E-state index in [0.717, 1.165) is 0 Å². The Morgan fingerprint density at radius 3 is 2.07 bits per heavy atom. The molecule has 0 saturated heterocycles. The number of alkyl halides is 3. The summed E-state index contributed by atoms with van der Waals surface area (Å²) in [5.74, 6) is -0.0222. The summed E-state index contributed by atoms with van der Waals surface area (Å²) in [6.07, 6.45) is 0.521. The van der Waals surface area contributed by atoms with Crippen molar-refractivity contribution in [2.45, 2.75) is 39.1 Å². The van der Waals surface area contributed by atoms with Crippen molar-refractivity contribution in [3.63, 3.8) is 0 Å². The van der Waals surface area contributed by atoms with Gasteiger partial charge in [0.05, 0.1) is 0 Å². The molecular weight excluding hydrogens is 213 g/mol. The van der Waals surface area contributed by atoms with Crippen LogP contribution in [0.3, 0.4) is 0 Å². The summed E-state index contributed by atoms with van der Waals surface area (Å²) in [4.78, 5) is 11.3. The van der Waals surface area contributed by atoms with Gasteiger partial charge in [-0.2, -0.15) is 13.2 Å². The van der Waals surface area contributed by atoms with Crippen LogP contribution >= 0.6 is 11.8 Å². The molecule has 0 bridgehead atoms. The van der Waals surface area contributed by atoms with Crippen molar-refractivity contribution in [1.29, 1.82) is 0 Å². The molecule has 0 aliphatic rings. The van der Waals surface area contributed by atoms with Crippen LogP contribution in [0.1, 0.15) is 33.6 Å². The molecule has 0 aromatic rings. The average molecular weight is 228 g/mol. The van der Waals surface area contributed by atoms with Gasteiger partial charge in [0.15, 0.2) is 0 Å². The molecule has 0 fully saturated rings. The van der Waals surface area contributed by atoms with Crippen molar-refractivity contribution in [2.75, 3.05) is 5.75 Å². The molecular formula is C9H15F3OS. The summed E-state index contributed by atoms with van der Waals surface area (Å²) in [5, 5.41) is 0. The molecule has 14 heavy (non-hydrogen) atoms. The summed E-state index contributed by atoms with van der Waals surface area (Å²) in [6.45, 7) is 5.31. The number of hydrogen-bond acceptors (Lipinski definition) is 2. The van der Waals surface area contributed by atoms with Crippen LogP contribution < -0.4 is 0 Å². The molecule has 0 atom stereocenters. The zero-order valence-electron chi connectivity index (χ0n) is 8.57. The SMILES string of the molecule is CC(C)(C)C(=O)CCCSC(F)(F)F. The van der Waals surface area contributed by atoms with Crippen LogP contribution in [0.15, 0.2) is 0 Å². The number of rotatable bonds is 4. The zero-order chi connectivity index (χ0) is 11.4. The van der Waals surface area contributed by atoms with E-state index in [0.29, 0.717) is 6.42 Å². The fraction of sp³-hybridized carbons (Fsp3) is 0.889. The zero-order valence-corrected chi connectivity index (χ0v) is 9.39. The van der Waals surface area contributed by atoms with E-state index in [1.807, 2.05) is 0 Å². The molecule has 84 valence electrons. The van der Waals surface area contributed by atoms with E-state index in [4.69, 9.17) is 0 Å². The van der Waals surface area contributed by atoms with Gasteiger partial charge in [-0.15, -0.1) is 0 Å². The first-order valence-electron chi connectivity index (χ1n) is 4.37. The lowest BCUT2D eigenvalue weighted by molar-refractivity contribution is -0.126. The van der Waals surface area contributed by atoms with Crippen LogP contribution in [0, 0.1) is 5.41 Å². The fourth-order valence-electron chi connectivity index (χ4n) is 0.796. The third kappa shape index (κ3) is 7.24. The van der Waals surface area contributed by atoms with Crippen LogP contribution in [0.4, 0.5) is 13.2 Å². The van der Waals surface area contributed by atoms with Crippen molar-refractivity contribution < 1.29 is 18.0 Å². The number of carbonyl (C=O) groups is 1. The highest BCUT2D eigenvalue weighted by Gasteiger charge is 2.28. The molecule has 0 aliphatic carbocycles. The highest BCUT2D eigenvalue weighted by molar-refractivity contribution is 8.00. The summed E-state index contributed by atoms with van der Waals surface area (Å²) in [7, 11) is 0. The monoisotopic (exact) mass is 228 g/mol. The molecule has 0 radical (unpaired) electrons. The molecule has 0 aliphatic heterocycles. The van der Waals surface area contributed by atoms with Gasteiger partial charge in [-0.05, 0) is 6.42 Å². The van der Waals surface area contributed by atoms with Crippen LogP contribution in [-0.4, -0.2) is 17.0 Å². The predicted molar refractivity (Wildman–Crippen MR) is 52.2 cm³/mol.